The average Bonchev–Trinajstić information content (AvgIpc) is 2.46. The number of ether oxygens (including phenoxy) is 1. The molecule has 1 aromatic carbocycles. The fourth-order valence-corrected chi connectivity index (χ4v) is 2.63. The van der Waals surface area contributed by atoms with Crippen molar-refractivity contribution in [2.75, 3.05) is 20.8 Å². The lowest BCUT2D eigenvalue weighted by molar-refractivity contribution is -0.385. The minimum atomic E-state index is -0.387. The molecule has 0 radical (unpaired) electrons. The molecule has 21 heavy (non-hydrogen) atoms. The summed E-state index contributed by atoms with van der Waals surface area (Å²) in [4.78, 5) is 15.1. The van der Waals surface area contributed by atoms with Crippen LogP contribution in [0.3, 0.4) is 0 Å². The van der Waals surface area contributed by atoms with Crippen molar-refractivity contribution < 1.29 is 9.66 Å². The van der Waals surface area contributed by atoms with E-state index in [0.29, 0.717) is 18.6 Å². The Kier molecular flexibility index (Phi) is 5.22. The van der Waals surface area contributed by atoms with Crippen molar-refractivity contribution in [3.63, 3.8) is 0 Å². The van der Waals surface area contributed by atoms with Gasteiger partial charge in [-0.25, -0.2) is 4.98 Å². The molecule has 0 aliphatic heterocycles. The van der Waals surface area contributed by atoms with Gasteiger partial charge >= 0.3 is 0 Å². The fourth-order valence-electron chi connectivity index (χ4n) is 2.27. The minimum absolute atomic E-state index is 0.00159. The number of nitro groups is 1. The third-order valence-electron chi connectivity index (χ3n) is 3.34. The first-order valence-corrected chi connectivity index (χ1v) is 7.23. The molecular weight excluding hydrogens is 338 g/mol. The van der Waals surface area contributed by atoms with Crippen LogP contribution >= 0.6 is 15.9 Å². The van der Waals surface area contributed by atoms with Crippen LogP contribution in [0.1, 0.15) is 5.56 Å². The Morgan fingerprint density at radius 1 is 1.52 bits per heavy atom. The Balaban J connectivity index is 2.57. The van der Waals surface area contributed by atoms with Gasteiger partial charge in [0.1, 0.15) is 6.20 Å². The molecule has 0 saturated carbocycles. The maximum Gasteiger partial charge on any atom is 0.291 e. The van der Waals surface area contributed by atoms with Crippen LogP contribution < -0.4 is 5.32 Å². The van der Waals surface area contributed by atoms with E-state index >= 15 is 0 Å². The quantitative estimate of drug-likeness (QED) is 0.638. The van der Waals surface area contributed by atoms with Crippen molar-refractivity contribution in [1.82, 2.24) is 10.3 Å². The van der Waals surface area contributed by atoms with Crippen LogP contribution in [-0.2, 0) is 11.2 Å². The predicted molar refractivity (Wildman–Crippen MR) is 84.5 cm³/mol. The number of nitrogens with one attached hydrogen (secondary N) is 1. The van der Waals surface area contributed by atoms with E-state index in [1.807, 2.05) is 25.2 Å². The predicted octanol–water partition coefficient (Wildman–Crippen LogP) is 2.68. The van der Waals surface area contributed by atoms with Gasteiger partial charge in [0, 0.05) is 28.6 Å². The number of methoxy groups -OCH3 is 1. The second kappa shape index (κ2) is 6.93. The van der Waals surface area contributed by atoms with Gasteiger partial charge in [-0.15, -0.1) is 0 Å². The monoisotopic (exact) mass is 353 g/mol. The zero-order valence-electron chi connectivity index (χ0n) is 11.8. The first-order chi connectivity index (χ1) is 10.1. The number of aromatic nitrogens is 1. The summed E-state index contributed by atoms with van der Waals surface area (Å²) in [5.41, 5.74) is 1.45. The molecule has 0 spiro atoms. The van der Waals surface area contributed by atoms with Crippen LogP contribution in [0.4, 0.5) is 5.69 Å². The van der Waals surface area contributed by atoms with E-state index < -0.39 is 0 Å². The summed E-state index contributed by atoms with van der Waals surface area (Å²) in [5, 5.41) is 15.2. The fraction of sp³-hybridized carbons (Fsp3) is 0.357. The molecule has 1 heterocycles. The molecule has 0 aliphatic carbocycles. The molecule has 0 saturated heterocycles. The molecule has 1 unspecified atom stereocenters. The highest BCUT2D eigenvalue weighted by molar-refractivity contribution is 9.10. The highest BCUT2D eigenvalue weighted by Gasteiger charge is 2.21. The number of hydrogen-bond donors (Lipinski definition) is 1. The van der Waals surface area contributed by atoms with Gasteiger partial charge in [0.2, 0.25) is 0 Å². The van der Waals surface area contributed by atoms with E-state index in [2.05, 4.69) is 26.2 Å². The summed E-state index contributed by atoms with van der Waals surface area (Å²) in [6, 6.07) is 5.58. The summed E-state index contributed by atoms with van der Waals surface area (Å²) in [6.45, 7) is 0.478. The molecule has 1 aromatic heterocycles. The third-order valence-corrected chi connectivity index (χ3v) is 3.84. The van der Waals surface area contributed by atoms with E-state index in [1.54, 1.807) is 7.11 Å². The van der Waals surface area contributed by atoms with Crippen molar-refractivity contribution in [1.29, 1.82) is 0 Å². The van der Waals surface area contributed by atoms with Crippen LogP contribution in [-0.4, -0.2) is 36.7 Å². The summed E-state index contributed by atoms with van der Waals surface area (Å²) >= 11 is 3.40. The molecule has 7 heteroatoms. The van der Waals surface area contributed by atoms with Gasteiger partial charge in [-0.2, -0.15) is 0 Å². The van der Waals surface area contributed by atoms with Gasteiger partial charge in [-0.1, -0.05) is 15.9 Å². The van der Waals surface area contributed by atoms with E-state index in [0.717, 1.165) is 15.4 Å². The Morgan fingerprint density at radius 2 is 2.29 bits per heavy atom. The lowest BCUT2D eigenvalue weighted by Crippen LogP contribution is -2.32. The van der Waals surface area contributed by atoms with Crippen molar-refractivity contribution in [2.45, 2.75) is 12.5 Å². The van der Waals surface area contributed by atoms with Gasteiger partial charge < -0.3 is 10.1 Å². The molecule has 0 fully saturated rings. The topological polar surface area (TPSA) is 77.3 Å². The smallest absolute Gasteiger partial charge is 0.291 e. The zero-order chi connectivity index (χ0) is 15.4. The molecule has 2 rings (SSSR count). The van der Waals surface area contributed by atoms with Crippen LogP contribution in [0.5, 0.6) is 0 Å². The summed E-state index contributed by atoms with van der Waals surface area (Å²) < 4.78 is 6.01. The maximum atomic E-state index is 11.3. The summed E-state index contributed by atoms with van der Waals surface area (Å²) in [7, 11) is 3.43. The molecule has 0 bridgehead atoms. The first-order valence-electron chi connectivity index (χ1n) is 6.44. The molecule has 6 nitrogen and oxygen atoms in total. The number of rotatable bonds is 6. The number of hydrogen-bond acceptors (Lipinski definition) is 5. The number of nitrogens with zero attached hydrogens (tertiary/aromatic N) is 2. The van der Waals surface area contributed by atoms with Crippen molar-refractivity contribution in [3.05, 3.63) is 44.5 Å². The zero-order valence-corrected chi connectivity index (χ0v) is 13.4. The van der Waals surface area contributed by atoms with Gasteiger partial charge in [0.25, 0.3) is 5.69 Å². The number of pyridine rings is 1. The molecule has 1 N–H and O–H groups in total. The second-order valence-electron chi connectivity index (χ2n) is 4.69. The molecule has 1 atom stereocenters. The number of benzene rings is 1. The van der Waals surface area contributed by atoms with Gasteiger partial charge in [0.15, 0.2) is 0 Å². The lowest BCUT2D eigenvalue weighted by atomic mass is 10.0. The van der Waals surface area contributed by atoms with E-state index in [9.17, 15) is 10.1 Å². The largest absolute Gasteiger partial charge is 0.383 e. The maximum absolute atomic E-state index is 11.3. The molecule has 0 aliphatic rings. The highest BCUT2D eigenvalue weighted by atomic mass is 79.9. The van der Waals surface area contributed by atoms with Gasteiger partial charge in [0.05, 0.1) is 17.0 Å². The van der Waals surface area contributed by atoms with E-state index in [4.69, 9.17) is 4.74 Å². The summed E-state index contributed by atoms with van der Waals surface area (Å²) in [5.74, 6) is 0. The number of fused-ring (bicyclic) bond motifs is 1. The van der Waals surface area contributed by atoms with Crippen LogP contribution in [0.15, 0.2) is 28.9 Å². The molecular formula is C14H16BrN3O3. The summed E-state index contributed by atoms with van der Waals surface area (Å²) in [6.07, 6.45) is 1.82. The van der Waals surface area contributed by atoms with Crippen molar-refractivity contribution >= 4 is 32.5 Å². The Morgan fingerprint density at radius 3 is 2.90 bits per heavy atom. The van der Waals surface area contributed by atoms with Crippen molar-refractivity contribution in [2.24, 2.45) is 0 Å². The highest BCUT2D eigenvalue weighted by Crippen LogP contribution is 2.29. The molecule has 0 amide bonds. The Bertz CT molecular complexity index is 663. The van der Waals surface area contributed by atoms with Gasteiger partial charge in [-0.3, -0.25) is 10.1 Å². The third kappa shape index (κ3) is 3.55. The van der Waals surface area contributed by atoms with Crippen LogP contribution in [0, 0.1) is 10.1 Å². The molecule has 112 valence electrons. The van der Waals surface area contributed by atoms with Crippen molar-refractivity contribution in [3.8, 4) is 0 Å². The lowest BCUT2D eigenvalue weighted by Gasteiger charge is -2.16. The number of likely N-dealkylation sites (N-methyl/N-ethyl adjacent to an activating group) is 1. The standard InChI is InChI=1S/C14H16BrN3O3/c1-16-10(8-21-2)6-12-11-5-9(15)3-4-13(11)17-7-14(12)18(19)20/h3-5,7,10,16H,6,8H2,1-2H3. The van der Waals surface area contributed by atoms with E-state index in [1.165, 1.54) is 6.20 Å². The number of halogens is 1. The SMILES string of the molecule is CNC(COC)Cc1c([N+](=O)[O-])cnc2ccc(Br)cc12. The molecule has 2 aromatic rings. The Labute approximate surface area is 130 Å². The minimum Gasteiger partial charge on any atom is -0.383 e. The van der Waals surface area contributed by atoms with Gasteiger partial charge in [-0.05, 0) is 31.7 Å². The second-order valence-corrected chi connectivity index (χ2v) is 5.60. The van der Waals surface area contributed by atoms with Crippen LogP contribution in [0.25, 0.3) is 10.9 Å². The normalized spacial score (nSPS) is 12.5. The first kappa shape index (κ1) is 15.8. The van der Waals surface area contributed by atoms with E-state index in [-0.39, 0.29) is 16.7 Å². The Hall–Kier alpha value is -1.57. The average molecular weight is 354 g/mol. The van der Waals surface area contributed by atoms with Crippen LogP contribution in [0.2, 0.25) is 0 Å².